The van der Waals surface area contributed by atoms with Crippen molar-refractivity contribution in [3.8, 4) is 0 Å². The molecule has 1 heterocycles. The summed E-state index contributed by atoms with van der Waals surface area (Å²) < 4.78 is 0. The normalized spacial score (nSPS) is 10.6. The second-order valence-electron chi connectivity index (χ2n) is 2.54. The topological polar surface area (TPSA) is 40.9 Å². The SMILES string of the molecule is CCN(CC)N=Nc1cccnc1. The van der Waals surface area contributed by atoms with Gasteiger partial charge in [0.2, 0.25) is 0 Å². The van der Waals surface area contributed by atoms with E-state index in [0.717, 1.165) is 18.8 Å². The first-order valence-corrected chi connectivity index (χ1v) is 4.43. The van der Waals surface area contributed by atoms with Gasteiger partial charge in [-0.05, 0) is 26.0 Å². The molecule has 0 amide bonds. The van der Waals surface area contributed by atoms with Gasteiger partial charge in [0.05, 0.1) is 6.20 Å². The average Bonchev–Trinajstić information content (AvgIpc) is 2.21. The molecule has 0 radical (unpaired) electrons. The van der Waals surface area contributed by atoms with Crippen LogP contribution in [-0.4, -0.2) is 23.1 Å². The second kappa shape index (κ2) is 5.24. The lowest BCUT2D eigenvalue weighted by Gasteiger charge is -2.10. The molecular weight excluding hydrogens is 164 g/mol. The van der Waals surface area contributed by atoms with E-state index in [1.54, 1.807) is 12.4 Å². The van der Waals surface area contributed by atoms with Gasteiger partial charge in [-0.1, -0.05) is 5.22 Å². The fourth-order valence-electron chi connectivity index (χ4n) is 0.878. The first kappa shape index (κ1) is 9.64. The molecule has 1 aromatic rings. The molecule has 0 saturated heterocycles. The molecule has 4 nitrogen and oxygen atoms in total. The summed E-state index contributed by atoms with van der Waals surface area (Å²) in [7, 11) is 0. The summed E-state index contributed by atoms with van der Waals surface area (Å²) in [5.41, 5.74) is 0.786. The van der Waals surface area contributed by atoms with E-state index < -0.39 is 0 Å². The fourth-order valence-corrected chi connectivity index (χ4v) is 0.878. The smallest absolute Gasteiger partial charge is 0.106 e. The average molecular weight is 178 g/mol. The van der Waals surface area contributed by atoms with E-state index in [1.807, 2.05) is 31.0 Å². The molecular formula is C9H14N4. The van der Waals surface area contributed by atoms with Crippen LogP contribution in [-0.2, 0) is 0 Å². The van der Waals surface area contributed by atoms with Crippen LogP contribution in [0.1, 0.15) is 13.8 Å². The Kier molecular flexibility index (Phi) is 3.88. The van der Waals surface area contributed by atoms with Crippen LogP contribution in [0, 0.1) is 0 Å². The lowest BCUT2D eigenvalue weighted by atomic mass is 10.4. The minimum atomic E-state index is 0.786. The van der Waals surface area contributed by atoms with Gasteiger partial charge in [-0.3, -0.25) is 9.99 Å². The monoisotopic (exact) mass is 178 g/mol. The maximum Gasteiger partial charge on any atom is 0.106 e. The minimum absolute atomic E-state index is 0.786. The third kappa shape index (κ3) is 3.19. The number of nitrogens with zero attached hydrogens (tertiary/aromatic N) is 4. The van der Waals surface area contributed by atoms with Crippen molar-refractivity contribution in [2.75, 3.05) is 13.1 Å². The minimum Gasteiger partial charge on any atom is -0.279 e. The van der Waals surface area contributed by atoms with Crippen molar-refractivity contribution in [1.29, 1.82) is 0 Å². The first-order chi connectivity index (χ1) is 6.36. The molecule has 1 aromatic heterocycles. The van der Waals surface area contributed by atoms with Crippen LogP contribution in [0.2, 0.25) is 0 Å². The molecule has 0 unspecified atom stereocenters. The molecule has 0 aromatic carbocycles. The quantitative estimate of drug-likeness (QED) is 0.524. The van der Waals surface area contributed by atoms with Crippen LogP contribution in [0.25, 0.3) is 0 Å². The van der Waals surface area contributed by atoms with E-state index >= 15 is 0 Å². The zero-order valence-electron chi connectivity index (χ0n) is 8.01. The van der Waals surface area contributed by atoms with Crippen molar-refractivity contribution >= 4 is 5.69 Å². The highest BCUT2D eigenvalue weighted by atomic mass is 15.5. The van der Waals surface area contributed by atoms with Crippen LogP contribution in [0.4, 0.5) is 5.69 Å². The van der Waals surface area contributed by atoms with Gasteiger partial charge in [0, 0.05) is 19.3 Å². The molecule has 0 aliphatic heterocycles. The third-order valence-electron chi connectivity index (χ3n) is 1.66. The number of rotatable bonds is 4. The standard InChI is InChI=1S/C9H14N4/c1-3-13(4-2)12-11-9-6-5-7-10-8-9/h5-8H,3-4H2,1-2H3. The molecule has 4 heteroatoms. The Hall–Kier alpha value is -1.45. The molecule has 0 N–H and O–H groups in total. The molecule has 0 atom stereocenters. The Labute approximate surface area is 78.3 Å². The van der Waals surface area contributed by atoms with Crippen molar-refractivity contribution < 1.29 is 0 Å². The zero-order valence-corrected chi connectivity index (χ0v) is 8.01. The van der Waals surface area contributed by atoms with E-state index in [2.05, 4.69) is 15.3 Å². The molecule has 0 bridgehead atoms. The Balaban J connectivity index is 2.57. The Morgan fingerprint density at radius 2 is 2.15 bits per heavy atom. The number of hydrogen-bond donors (Lipinski definition) is 0. The van der Waals surface area contributed by atoms with E-state index in [4.69, 9.17) is 0 Å². The predicted molar refractivity (Wildman–Crippen MR) is 51.7 cm³/mol. The molecule has 70 valence electrons. The summed E-state index contributed by atoms with van der Waals surface area (Å²) in [6.07, 6.45) is 3.41. The molecule has 0 fully saturated rings. The van der Waals surface area contributed by atoms with Gasteiger partial charge in [-0.2, -0.15) is 0 Å². The lowest BCUT2D eigenvalue weighted by Crippen LogP contribution is -2.14. The fraction of sp³-hybridized carbons (Fsp3) is 0.444. The van der Waals surface area contributed by atoms with Crippen LogP contribution < -0.4 is 0 Å². The van der Waals surface area contributed by atoms with E-state index in [0.29, 0.717) is 0 Å². The molecule has 0 aliphatic rings. The highest BCUT2D eigenvalue weighted by Gasteiger charge is 1.91. The summed E-state index contributed by atoms with van der Waals surface area (Å²) >= 11 is 0. The van der Waals surface area contributed by atoms with Crippen molar-refractivity contribution in [1.82, 2.24) is 9.99 Å². The van der Waals surface area contributed by atoms with Crippen LogP contribution in [0.15, 0.2) is 34.9 Å². The number of pyridine rings is 1. The van der Waals surface area contributed by atoms with Gasteiger partial charge in [0.25, 0.3) is 0 Å². The van der Waals surface area contributed by atoms with Crippen molar-refractivity contribution in [2.24, 2.45) is 10.3 Å². The van der Waals surface area contributed by atoms with Gasteiger partial charge < -0.3 is 0 Å². The van der Waals surface area contributed by atoms with Crippen molar-refractivity contribution in [3.63, 3.8) is 0 Å². The Morgan fingerprint density at radius 1 is 1.38 bits per heavy atom. The summed E-state index contributed by atoms with van der Waals surface area (Å²) in [6, 6.07) is 3.72. The summed E-state index contributed by atoms with van der Waals surface area (Å²) in [6.45, 7) is 5.85. The molecule has 1 rings (SSSR count). The Bertz CT molecular complexity index is 254. The van der Waals surface area contributed by atoms with Gasteiger partial charge >= 0.3 is 0 Å². The summed E-state index contributed by atoms with van der Waals surface area (Å²) in [5, 5.41) is 9.97. The largest absolute Gasteiger partial charge is 0.279 e. The lowest BCUT2D eigenvalue weighted by molar-refractivity contribution is 0.300. The highest BCUT2D eigenvalue weighted by molar-refractivity contribution is 5.30. The molecule has 0 spiro atoms. The van der Waals surface area contributed by atoms with Crippen LogP contribution in [0.3, 0.4) is 0 Å². The van der Waals surface area contributed by atoms with Gasteiger partial charge in [0.1, 0.15) is 5.69 Å². The summed E-state index contributed by atoms with van der Waals surface area (Å²) in [5.74, 6) is 0. The summed E-state index contributed by atoms with van der Waals surface area (Å²) in [4.78, 5) is 3.94. The van der Waals surface area contributed by atoms with Crippen LogP contribution >= 0.6 is 0 Å². The number of hydrogen-bond acceptors (Lipinski definition) is 3. The molecule has 0 aliphatic carbocycles. The highest BCUT2D eigenvalue weighted by Crippen LogP contribution is 2.08. The second-order valence-corrected chi connectivity index (χ2v) is 2.54. The third-order valence-corrected chi connectivity index (χ3v) is 1.66. The molecule has 13 heavy (non-hydrogen) atoms. The first-order valence-electron chi connectivity index (χ1n) is 4.43. The van der Waals surface area contributed by atoms with E-state index in [9.17, 15) is 0 Å². The van der Waals surface area contributed by atoms with Crippen molar-refractivity contribution in [2.45, 2.75) is 13.8 Å². The zero-order chi connectivity index (χ0) is 9.52. The number of aromatic nitrogens is 1. The maximum atomic E-state index is 4.05. The van der Waals surface area contributed by atoms with Gasteiger partial charge in [-0.25, -0.2) is 0 Å². The van der Waals surface area contributed by atoms with Gasteiger partial charge in [-0.15, -0.1) is 5.11 Å². The Morgan fingerprint density at radius 3 is 2.69 bits per heavy atom. The van der Waals surface area contributed by atoms with Gasteiger partial charge in [0.15, 0.2) is 0 Å². The van der Waals surface area contributed by atoms with Crippen LogP contribution in [0.5, 0.6) is 0 Å². The maximum absolute atomic E-state index is 4.05. The predicted octanol–water partition coefficient (Wildman–Crippen LogP) is 2.42. The van der Waals surface area contributed by atoms with Crippen molar-refractivity contribution in [3.05, 3.63) is 24.5 Å². The van der Waals surface area contributed by atoms with E-state index in [1.165, 1.54) is 0 Å². The van der Waals surface area contributed by atoms with E-state index in [-0.39, 0.29) is 0 Å². The molecule has 0 saturated carbocycles.